The number of carbonyl (C=O) groups is 2. The zero-order chi connectivity index (χ0) is 27.6. The highest BCUT2D eigenvalue weighted by Crippen LogP contribution is 2.37. The molecule has 6 nitrogen and oxygen atoms in total. The molecule has 0 radical (unpaired) electrons. The Balaban J connectivity index is 1.80. The fourth-order valence-electron chi connectivity index (χ4n) is 4.81. The maximum absolute atomic E-state index is 13.9. The van der Waals surface area contributed by atoms with Crippen LogP contribution in [0.5, 0.6) is 0 Å². The molecule has 198 valence electrons. The number of hydrogen-bond donors (Lipinski definition) is 1. The molecule has 0 spiro atoms. The number of amides is 2. The summed E-state index contributed by atoms with van der Waals surface area (Å²) in [6.45, 7) is 8.82. The summed E-state index contributed by atoms with van der Waals surface area (Å²) in [5.74, 6) is -1.37. The number of carbonyl (C=O) groups excluding carboxylic acids is 2. The van der Waals surface area contributed by atoms with Gasteiger partial charge in [0.05, 0.1) is 11.4 Å². The molecular weight excluding hydrogens is 479 g/mol. The molecular formula is C31H35FN4O2. The van der Waals surface area contributed by atoms with Crippen LogP contribution in [0.25, 0.3) is 0 Å². The van der Waals surface area contributed by atoms with E-state index in [1.54, 1.807) is 13.0 Å². The van der Waals surface area contributed by atoms with Gasteiger partial charge in [0.25, 0.3) is 0 Å². The maximum atomic E-state index is 13.9. The van der Waals surface area contributed by atoms with Crippen LogP contribution in [0, 0.1) is 5.82 Å². The lowest BCUT2D eigenvalue weighted by molar-refractivity contribution is -0.134. The first-order chi connectivity index (χ1) is 17.9. The lowest BCUT2D eigenvalue weighted by Gasteiger charge is -2.35. The SMILES string of the molecule is CC(=O)N(Cc1cccc(C(=Nc2ccc(CN(C)C)cc2)C2C(=O)Nc3cc(F)ccc32)c1)C(C)(C)C. The third kappa shape index (κ3) is 6.17. The summed E-state index contributed by atoms with van der Waals surface area (Å²) in [5.41, 5.74) is 4.95. The van der Waals surface area contributed by atoms with Gasteiger partial charge in [0, 0.05) is 31.2 Å². The zero-order valence-corrected chi connectivity index (χ0v) is 22.9. The molecule has 3 aromatic rings. The van der Waals surface area contributed by atoms with E-state index in [2.05, 4.69) is 10.2 Å². The van der Waals surface area contributed by atoms with Crippen molar-refractivity contribution in [1.82, 2.24) is 9.80 Å². The zero-order valence-electron chi connectivity index (χ0n) is 22.9. The third-order valence-corrected chi connectivity index (χ3v) is 6.56. The molecule has 1 atom stereocenters. The molecule has 3 aromatic carbocycles. The summed E-state index contributed by atoms with van der Waals surface area (Å²) in [6.07, 6.45) is 0. The number of benzene rings is 3. The fraction of sp³-hybridized carbons (Fsp3) is 0.323. The van der Waals surface area contributed by atoms with Crippen LogP contribution in [-0.2, 0) is 22.7 Å². The predicted molar refractivity (Wildman–Crippen MR) is 150 cm³/mol. The molecule has 1 aliphatic heterocycles. The van der Waals surface area contributed by atoms with Gasteiger partial charge in [-0.3, -0.25) is 14.6 Å². The Labute approximate surface area is 224 Å². The van der Waals surface area contributed by atoms with E-state index in [9.17, 15) is 14.0 Å². The highest BCUT2D eigenvalue weighted by atomic mass is 19.1. The van der Waals surface area contributed by atoms with Gasteiger partial charge in [-0.25, -0.2) is 4.39 Å². The summed E-state index contributed by atoms with van der Waals surface area (Å²) < 4.78 is 13.9. The van der Waals surface area contributed by atoms with Crippen LogP contribution in [0.3, 0.4) is 0 Å². The van der Waals surface area contributed by atoms with Crippen LogP contribution >= 0.6 is 0 Å². The molecule has 0 aliphatic carbocycles. The topological polar surface area (TPSA) is 65.0 Å². The van der Waals surface area contributed by atoms with Crippen molar-refractivity contribution in [3.8, 4) is 0 Å². The molecule has 7 heteroatoms. The van der Waals surface area contributed by atoms with Crippen molar-refractivity contribution in [1.29, 1.82) is 0 Å². The average molecular weight is 515 g/mol. The van der Waals surface area contributed by atoms with E-state index in [4.69, 9.17) is 4.99 Å². The number of rotatable bonds is 7. The summed E-state index contributed by atoms with van der Waals surface area (Å²) in [7, 11) is 4.03. The van der Waals surface area contributed by atoms with E-state index in [0.29, 0.717) is 23.5 Å². The summed E-state index contributed by atoms with van der Waals surface area (Å²) >= 11 is 0. The summed E-state index contributed by atoms with van der Waals surface area (Å²) in [4.78, 5) is 34.5. The number of nitrogens with zero attached hydrogens (tertiary/aromatic N) is 3. The van der Waals surface area contributed by atoms with Gasteiger partial charge in [0.2, 0.25) is 11.8 Å². The number of nitrogens with one attached hydrogen (secondary N) is 1. The molecule has 1 heterocycles. The Morgan fingerprint density at radius 1 is 0.974 bits per heavy atom. The number of anilines is 1. The van der Waals surface area contributed by atoms with Crippen LogP contribution in [0.1, 0.15) is 55.9 Å². The van der Waals surface area contributed by atoms with Gasteiger partial charge in [-0.05, 0) is 87.5 Å². The van der Waals surface area contributed by atoms with Gasteiger partial charge in [0.15, 0.2) is 0 Å². The first-order valence-electron chi connectivity index (χ1n) is 12.7. The Morgan fingerprint density at radius 3 is 2.32 bits per heavy atom. The van der Waals surface area contributed by atoms with Crippen molar-refractivity contribution in [2.75, 3.05) is 19.4 Å². The Kier molecular flexibility index (Phi) is 7.78. The van der Waals surface area contributed by atoms with E-state index >= 15 is 0 Å². The molecule has 1 unspecified atom stereocenters. The van der Waals surface area contributed by atoms with Crippen LogP contribution in [0.2, 0.25) is 0 Å². The minimum atomic E-state index is -0.700. The number of aliphatic imine (C=N–C) groups is 1. The Morgan fingerprint density at radius 2 is 1.68 bits per heavy atom. The Bertz CT molecular complexity index is 1370. The van der Waals surface area contributed by atoms with Crippen LogP contribution in [0.4, 0.5) is 15.8 Å². The largest absolute Gasteiger partial charge is 0.334 e. The number of halogens is 1. The number of fused-ring (bicyclic) bond motifs is 1. The second kappa shape index (κ2) is 10.9. The van der Waals surface area contributed by atoms with E-state index < -0.39 is 11.7 Å². The highest BCUT2D eigenvalue weighted by molar-refractivity contribution is 6.24. The normalized spacial score (nSPS) is 15.4. The van der Waals surface area contributed by atoms with Gasteiger partial charge in [-0.1, -0.05) is 36.4 Å². The number of hydrogen-bond acceptors (Lipinski definition) is 4. The minimum Gasteiger partial charge on any atom is -0.334 e. The lowest BCUT2D eigenvalue weighted by atomic mass is 9.89. The summed E-state index contributed by atoms with van der Waals surface area (Å²) in [5, 5.41) is 2.82. The Hall–Kier alpha value is -3.84. The molecule has 4 rings (SSSR count). The maximum Gasteiger partial charge on any atom is 0.238 e. The third-order valence-electron chi connectivity index (χ3n) is 6.56. The molecule has 0 fully saturated rings. The van der Waals surface area contributed by atoms with E-state index in [0.717, 1.165) is 28.9 Å². The van der Waals surface area contributed by atoms with Gasteiger partial charge in [0.1, 0.15) is 11.7 Å². The van der Waals surface area contributed by atoms with Gasteiger partial charge in [-0.15, -0.1) is 0 Å². The molecule has 1 aliphatic rings. The minimum absolute atomic E-state index is 0.0132. The smallest absolute Gasteiger partial charge is 0.238 e. The first-order valence-corrected chi connectivity index (χ1v) is 12.7. The summed E-state index contributed by atoms with van der Waals surface area (Å²) in [6, 6.07) is 20.1. The van der Waals surface area contributed by atoms with Gasteiger partial charge < -0.3 is 15.1 Å². The second-order valence-corrected chi connectivity index (χ2v) is 11.0. The van der Waals surface area contributed by atoms with E-state index in [1.807, 2.05) is 88.3 Å². The van der Waals surface area contributed by atoms with Crippen molar-refractivity contribution in [2.45, 2.75) is 52.2 Å². The molecule has 0 saturated heterocycles. The first kappa shape index (κ1) is 27.2. The standard InChI is InChI=1S/C31H35FN4O2/c1-20(37)36(31(2,3)4)19-22-8-7-9-23(16-22)29(33-25-13-10-21(11-14-25)18-35(5)6)28-26-15-12-24(32)17-27(26)34-30(28)38/h7-17,28H,18-19H2,1-6H3,(H,34,38). The van der Waals surface area contributed by atoms with Crippen molar-refractivity contribution in [2.24, 2.45) is 4.99 Å². The van der Waals surface area contributed by atoms with Crippen molar-refractivity contribution >= 4 is 28.9 Å². The van der Waals surface area contributed by atoms with Gasteiger partial charge >= 0.3 is 0 Å². The van der Waals surface area contributed by atoms with Crippen LogP contribution < -0.4 is 5.32 Å². The van der Waals surface area contributed by atoms with E-state index in [1.165, 1.54) is 12.1 Å². The van der Waals surface area contributed by atoms with Crippen molar-refractivity contribution in [3.63, 3.8) is 0 Å². The van der Waals surface area contributed by atoms with Crippen LogP contribution in [-0.4, -0.2) is 47.0 Å². The lowest BCUT2D eigenvalue weighted by Crippen LogP contribution is -2.43. The quantitative estimate of drug-likeness (QED) is 0.400. The molecule has 1 N–H and O–H groups in total. The molecule has 2 amide bonds. The molecule has 0 bridgehead atoms. The fourth-order valence-corrected chi connectivity index (χ4v) is 4.81. The molecule has 0 aromatic heterocycles. The predicted octanol–water partition coefficient (Wildman–Crippen LogP) is 5.89. The molecule has 0 saturated carbocycles. The monoisotopic (exact) mass is 514 g/mol. The van der Waals surface area contributed by atoms with E-state index in [-0.39, 0.29) is 17.4 Å². The van der Waals surface area contributed by atoms with Crippen molar-refractivity contribution < 1.29 is 14.0 Å². The average Bonchev–Trinajstić information content (AvgIpc) is 3.15. The molecule has 38 heavy (non-hydrogen) atoms. The van der Waals surface area contributed by atoms with Crippen molar-refractivity contribution in [3.05, 3.63) is 94.8 Å². The van der Waals surface area contributed by atoms with Crippen LogP contribution in [0.15, 0.2) is 71.7 Å². The highest BCUT2D eigenvalue weighted by Gasteiger charge is 2.36. The second-order valence-electron chi connectivity index (χ2n) is 11.0. The van der Waals surface area contributed by atoms with Gasteiger partial charge in [-0.2, -0.15) is 0 Å².